The monoisotopic (exact) mass is 549 g/mol. The first-order valence-electron chi connectivity index (χ1n) is 12.9. The van der Waals surface area contributed by atoms with Gasteiger partial charge in [0.05, 0.1) is 24.0 Å². The molecule has 40 heavy (non-hydrogen) atoms. The number of pyridine rings is 1. The Bertz CT molecular complexity index is 1390. The van der Waals surface area contributed by atoms with Gasteiger partial charge in [-0.25, -0.2) is 13.8 Å². The van der Waals surface area contributed by atoms with E-state index in [1.54, 1.807) is 13.0 Å². The highest BCUT2D eigenvalue weighted by Gasteiger charge is 2.27. The SMILES string of the molecule is C/C=C(\C=C1/CN=C1N)c1ccc(CN/C(C)=C(/C=C(\C=C\CC)C(C)(F)F)C(=O)Nc2ccc(F)nc2)cc1. The fourth-order valence-electron chi connectivity index (χ4n) is 3.76. The number of nitrogens with one attached hydrogen (secondary N) is 2. The van der Waals surface area contributed by atoms with Crippen molar-refractivity contribution in [3.63, 3.8) is 0 Å². The standard InChI is InChI=1S/C31H34F3N5O/c1-5-7-8-25(31(4,33)34)16-27(30(40)39-26-13-14-28(32)37-19-26)20(3)36-17-21-9-11-23(12-10-21)22(6-2)15-24-18-38-29(24)35/h6-16,19,36H,5,17-18H2,1-4H3,(H2,35,38)(H,39,40)/b8-7+,22-6+,24-15+,25-16+,27-20-. The summed E-state index contributed by atoms with van der Waals surface area (Å²) in [6, 6.07) is 10.3. The van der Waals surface area contributed by atoms with Crippen LogP contribution in [0.2, 0.25) is 0 Å². The van der Waals surface area contributed by atoms with Crippen LogP contribution in [0.5, 0.6) is 0 Å². The Morgan fingerprint density at radius 2 is 1.90 bits per heavy atom. The fraction of sp³-hybridized carbons (Fsp3) is 0.258. The summed E-state index contributed by atoms with van der Waals surface area (Å²) in [5, 5.41) is 5.78. The van der Waals surface area contributed by atoms with Gasteiger partial charge >= 0.3 is 0 Å². The molecule has 2 heterocycles. The highest BCUT2D eigenvalue weighted by molar-refractivity contribution is 6.06. The number of hydrogen-bond acceptors (Lipinski definition) is 5. The van der Waals surface area contributed by atoms with E-state index >= 15 is 0 Å². The number of nitrogens with zero attached hydrogens (tertiary/aromatic N) is 2. The number of benzene rings is 1. The van der Waals surface area contributed by atoms with Gasteiger partial charge in [-0.1, -0.05) is 49.4 Å². The summed E-state index contributed by atoms with van der Waals surface area (Å²) in [5.41, 5.74) is 10.1. The Kier molecular flexibility index (Phi) is 10.2. The van der Waals surface area contributed by atoms with E-state index in [-0.39, 0.29) is 16.8 Å². The molecule has 3 rings (SSSR count). The largest absolute Gasteiger partial charge is 0.384 e. The highest BCUT2D eigenvalue weighted by Crippen LogP contribution is 2.27. The molecule has 0 unspecified atom stereocenters. The third-order valence-electron chi connectivity index (χ3n) is 6.21. The topological polar surface area (TPSA) is 92.4 Å². The van der Waals surface area contributed by atoms with Crippen molar-refractivity contribution in [3.05, 3.63) is 112 Å². The Morgan fingerprint density at radius 3 is 2.42 bits per heavy atom. The van der Waals surface area contributed by atoms with E-state index in [0.717, 1.165) is 41.5 Å². The van der Waals surface area contributed by atoms with Gasteiger partial charge in [0.15, 0.2) is 0 Å². The van der Waals surface area contributed by atoms with Crippen LogP contribution in [0.1, 0.15) is 45.2 Å². The summed E-state index contributed by atoms with van der Waals surface area (Å²) < 4.78 is 42.0. The molecular weight excluding hydrogens is 515 g/mol. The minimum atomic E-state index is -3.18. The van der Waals surface area contributed by atoms with Crippen LogP contribution < -0.4 is 16.4 Å². The number of allylic oxidation sites excluding steroid dienone is 7. The smallest absolute Gasteiger partial charge is 0.270 e. The molecule has 0 saturated carbocycles. The number of halogens is 3. The lowest BCUT2D eigenvalue weighted by Crippen LogP contribution is -2.25. The van der Waals surface area contributed by atoms with E-state index in [2.05, 4.69) is 20.6 Å². The first kappa shape index (κ1) is 30.1. The number of aliphatic imine (C=N–C) groups is 1. The summed E-state index contributed by atoms with van der Waals surface area (Å²) >= 11 is 0. The van der Waals surface area contributed by atoms with Crippen molar-refractivity contribution in [1.29, 1.82) is 0 Å². The van der Waals surface area contributed by atoms with Crippen molar-refractivity contribution >= 4 is 23.0 Å². The van der Waals surface area contributed by atoms with E-state index in [4.69, 9.17) is 5.73 Å². The van der Waals surface area contributed by atoms with Crippen LogP contribution >= 0.6 is 0 Å². The van der Waals surface area contributed by atoms with Gasteiger partial charge in [0.25, 0.3) is 11.8 Å². The summed E-state index contributed by atoms with van der Waals surface area (Å²) in [7, 11) is 0. The summed E-state index contributed by atoms with van der Waals surface area (Å²) in [6.45, 7) is 7.17. The second-order valence-electron chi connectivity index (χ2n) is 9.33. The van der Waals surface area contributed by atoms with E-state index in [9.17, 15) is 18.0 Å². The molecule has 4 N–H and O–H groups in total. The van der Waals surface area contributed by atoms with Crippen molar-refractivity contribution in [2.45, 2.75) is 46.6 Å². The predicted molar refractivity (Wildman–Crippen MR) is 155 cm³/mol. The Hall–Kier alpha value is -4.40. The van der Waals surface area contributed by atoms with Gasteiger partial charge in [-0.15, -0.1) is 0 Å². The van der Waals surface area contributed by atoms with Gasteiger partial charge in [0.1, 0.15) is 5.84 Å². The van der Waals surface area contributed by atoms with Gasteiger partial charge in [-0.2, -0.15) is 4.39 Å². The van der Waals surface area contributed by atoms with Gasteiger partial charge in [-0.3, -0.25) is 9.79 Å². The fourth-order valence-corrected chi connectivity index (χ4v) is 3.76. The number of anilines is 1. The Balaban J connectivity index is 1.86. The molecule has 9 heteroatoms. The van der Waals surface area contributed by atoms with Crippen molar-refractivity contribution in [1.82, 2.24) is 10.3 Å². The Morgan fingerprint density at radius 1 is 1.18 bits per heavy atom. The van der Waals surface area contributed by atoms with Crippen LogP contribution in [0.15, 0.2) is 100 Å². The molecule has 0 radical (unpaired) electrons. The van der Waals surface area contributed by atoms with Crippen molar-refractivity contribution in [2.75, 3.05) is 11.9 Å². The number of nitrogens with two attached hydrogens (primary N) is 1. The maximum Gasteiger partial charge on any atom is 0.270 e. The minimum absolute atomic E-state index is 0.0146. The zero-order valence-electron chi connectivity index (χ0n) is 23.1. The molecule has 0 fully saturated rings. The van der Waals surface area contributed by atoms with Crippen LogP contribution in [0.4, 0.5) is 18.9 Å². The van der Waals surface area contributed by atoms with E-state index in [1.165, 1.54) is 18.2 Å². The van der Waals surface area contributed by atoms with Gasteiger partial charge in [-0.05, 0) is 61.3 Å². The molecular formula is C31H34F3N5O. The normalized spacial score (nSPS) is 16.0. The number of carbonyl (C=O) groups excluding carboxylic acids is 1. The molecule has 1 aliphatic heterocycles. The van der Waals surface area contributed by atoms with Crippen LogP contribution in [-0.2, 0) is 11.3 Å². The lowest BCUT2D eigenvalue weighted by atomic mass is 9.99. The molecule has 0 bridgehead atoms. The van der Waals surface area contributed by atoms with Crippen LogP contribution in [0, 0.1) is 5.95 Å². The lowest BCUT2D eigenvalue weighted by molar-refractivity contribution is -0.112. The van der Waals surface area contributed by atoms with Gasteiger partial charge in [0, 0.05) is 30.3 Å². The third kappa shape index (κ3) is 8.30. The zero-order valence-corrected chi connectivity index (χ0v) is 23.1. The zero-order chi connectivity index (χ0) is 29.3. The highest BCUT2D eigenvalue weighted by atomic mass is 19.3. The number of amides is 1. The average molecular weight is 550 g/mol. The second kappa shape index (κ2) is 13.6. The molecule has 0 aliphatic carbocycles. The molecule has 1 aliphatic rings. The number of aromatic nitrogens is 1. The van der Waals surface area contributed by atoms with Crippen LogP contribution in [0.3, 0.4) is 0 Å². The molecule has 210 valence electrons. The van der Waals surface area contributed by atoms with Crippen LogP contribution in [-0.4, -0.2) is 29.2 Å². The maximum atomic E-state index is 14.4. The molecule has 2 aromatic rings. The van der Waals surface area contributed by atoms with Crippen molar-refractivity contribution in [3.8, 4) is 0 Å². The molecule has 0 atom stereocenters. The number of hydrogen-bond donors (Lipinski definition) is 3. The van der Waals surface area contributed by atoms with Gasteiger partial charge < -0.3 is 16.4 Å². The first-order chi connectivity index (χ1) is 19.0. The molecule has 1 aromatic carbocycles. The molecule has 1 aromatic heterocycles. The third-order valence-corrected chi connectivity index (χ3v) is 6.21. The average Bonchev–Trinajstić information content (AvgIpc) is 2.92. The quantitative estimate of drug-likeness (QED) is 0.170. The molecule has 6 nitrogen and oxygen atoms in total. The van der Waals surface area contributed by atoms with E-state index in [0.29, 0.717) is 31.0 Å². The first-order valence-corrected chi connectivity index (χ1v) is 12.9. The maximum absolute atomic E-state index is 14.4. The molecule has 1 amide bonds. The second-order valence-corrected chi connectivity index (χ2v) is 9.33. The summed E-state index contributed by atoms with van der Waals surface area (Å²) in [4.78, 5) is 20.8. The number of amidine groups is 1. The van der Waals surface area contributed by atoms with Crippen LogP contribution in [0.25, 0.3) is 5.57 Å². The minimum Gasteiger partial charge on any atom is -0.384 e. The van der Waals surface area contributed by atoms with Gasteiger partial charge in [0.2, 0.25) is 5.95 Å². The number of alkyl halides is 2. The summed E-state index contributed by atoms with van der Waals surface area (Å²) in [6.07, 6.45) is 9.83. The molecule has 0 spiro atoms. The number of rotatable bonds is 11. The van der Waals surface area contributed by atoms with Crippen molar-refractivity contribution < 1.29 is 18.0 Å². The van der Waals surface area contributed by atoms with Crippen molar-refractivity contribution in [2.24, 2.45) is 10.7 Å². The summed E-state index contributed by atoms with van der Waals surface area (Å²) in [5.74, 6) is -3.96. The molecule has 0 saturated heterocycles. The van der Waals surface area contributed by atoms with E-state index < -0.39 is 17.8 Å². The predicted octanol–water partition coefficient (Wildman–Crippen LogP) is 6.47. The number of carbonyl (C=O) groups is 1. The van der Waals surface area contributed by atoms with E-state index in [1.807, 2.05) is 50.3 Å². The lowest BCUT2D eigenvalue weighted by Gasteiger charge is -2.16. The Labute approximate surface area is 233 Å².